The van der Waals surface area contributed by atoms with Gasteiger partial charge in [-0.3, -0.25) is 4.79 Å². The Morgan fingerprint density at radius 2 is 2.00 bits per heavy atom. The molecule has 1 rings (SSSR count). The lowest BCUT2D eigenvalue weighted by Crippen LogP contribution is -2.46. The number of esters is 1. The first-order valence-corrected chi connectivity index (χ1v) is 6.59. The van der Waals surface area contributed by atoms with E-state index in [-0.39, 0.29) is 13.0 Å². The van der Waals surface area contributed by atoms with Gasteiger partial charge in [-0.2, -0.15) is 0 Å². The third-order valence-electron chi connectivity index (χ3n) is 2.72. The van der Waals surface area contributed by atoms with Gasteiger partial charge in [0.1, 0.15) is 11.6 Å². The van der Waals surface area contributed by atoms with Gasteiger partial charge in [0.25, 0.3) is 5.91 Å². The molecule has 6 nitrogen and oxygen atoms in total. The maximum Gasteiger partial charge on any atom is 0.418 e. The summed E-state index contributed by atoms with van der Waals surface area (Å²) in [5.41, 5.74) is -0.330. The van der Waals surface area contributed by atoms with Crippen molar-refractivity contribution in [3.05, 3.63) is 11.6 Å². The van der Waals surface area contributed by atoms with Crippen LogP contribution in [0, 0.1) is 0 Å². The first kappa shape index (κ1) is 16.2. The van der Waals surface area contributed by atoms with Crippen LogP contribution in [-0.4, -0.2) is 41.1 Å². The minimum Gasteiger partial charge on any atom is -0.464 e. The molecule has 6 heteroatoms. The maximum absolute atomic E-state index is 12.1. The fourth-order valence-electron chi connectivity index (χ4n) is 1.87. The Balaban J connectivity index is 3.01. The molecule has 0 aromatic heterocycles. The number of ether oxygens (including phenoxy) is 2. The Morgan fingerprint density at radius 1 is 1.40 bits per heavy atom. The van der Waals surface area contributed by atoms with E-state index >= 15 is 0 Å². The molecule has 1 aliphatic rings. The highest BCUT2D eigenvalue weighted by molar-refractivity contribution is 6.08. The average Bonchev–Trinajstić information content (AvgIpc) is 2.64. The first-order valence-electron chi connectivity index (χ1n) is 6.59. The Labute approximate surface area is 118 Å². The van der Waals surface area contributed by atoms with E-state index < -0.39 is 29.6 Å². The van der Waals surface area contributed by atoms with Crippen molar-refractivity contribution in [3.63, 3.8) is 0 Å². The van der Waals surface area contributed by atoms with Crippen LogP contribution in [0.2, 0.25) is 0 Å². The molecule has 0 radical (unpaired) electrons. The topological polar surface area (TPSA) is 72.9 Å². The third-order valence-corrected chi connectivity index (χ3v) is 2.72. The van der Waals surface area contributed by atoms with Gasteiger partial charge in [-0.1, -0.05) is 6.08 Å². The molecule has 0 aromatic rings. The minimum atomic E-state index is -0.941. The summed E-state index contributed by atoms with van der Waals surface area (Å²) in [7, 11) is 0. The number of imide groups is 1. The molecule has 0 unspecified atom stereocenters. The lowest BCUT2D eigenvalue weighted by molar-refractivity contribution is -0.150. The molecule has 0 spiro atoms. The number of nitrogens with zero attached hydrogens (tertiary/aromatic N) is 1. The predicted octanol–water partition coefficient (Wildman–Crippen LogP) is 2.03. The van der Waals surface area contributed by atoms with Crippen molar-refractivity contribution in [3.8, 4) is 0 Å². The van der Waals surface area contributed by atoms with Gasteiger partial charge in [-0.05, 0) is 34.6 Å². The Hall–Kier alpha value is -1.85. The van der Waals surface area contributed by atoms with E-state index in [1.54, 1.807) is 40.7 Å². The third kappa shape index (κ3) is 3.59. The molecule has 0 bridgehead atoms. The Kier molecular flexibility index (Phi) is 4.92. The summed E-state index contributed by atoms with van der Waals surface area (Å²) in [5.74, 6) is -1.09. The normalized spacial score (nSPS) is 21.2. The summed E-state index contributed by atoms with van der Waals surface area (Å²) < 4.78 is 10.1. The number of allylic oxidation sites excluding steroid dienone is 1. The summed E-state index contributed by atoms with van der Waals surface area (Å²) in [5, 5.41) is 0. The number of carbonyl (C=O) groups excluding carboxylic acids is 3. The van der Waals surface area contributed by atoms with Crippen LogP contribution in [0.1, 0.15) is 41.0 Å². The summed E-state index contributed by atoms with van der Waals surface area (Å²) in [6, 6.07) is -0.941. The van der Waals surface area contributed by atoms with Gasteiger partial charge in [0.15, 0.2) is 0 Å². The van der Waals surface area contributed by atoms with Gasteiger partial charge in [0.05, 0.1) is 6.61 Å². The van der Waals surface area contributed by atoms with Crippen molar-refractivity contribution in [2.24, 2.45) is 0 Å². The van der Waals surface area contributed by atoms with Crippen molar-refractivity contribution < 1.29 is 23.9 Å². The molecular formula is C14H21NO5. The lowest BCUT2D eigenvalue weighted by Gasteiger charge is -2.26. The summed E-state index contributed by atoms with van der Waals surface area (Å²) in [6.45, 7) is 8.64. The number of hydrogen-bond donors (Lipinski definition) is 0. The highest BCUT2D eigenvalue weighted by atomic mass is 16.6. The van der Waals surface area contributed by atoms with Crippen LogP contribution in [0.5, 0.6) is 0 Å². The van der Waals surface area contributed by atoms with E-state index in [2.05, 4.69) is 0 Å². The van der Waals surface area contributed by atoms with Crippen molar-refractivity contribution in [1.82, 2.24) is 4.90 Å². The molecular weight excluding hydrogens is 262 g/mol. The largest absolute Gasteiger partial charge is 0.464 e. The van der Waals surface area contributed by atoms with Gasteiger partial charge < -0.3 is 9.47 Å². The van der Waals surface area contributed by atoms with E-state index in [0.29, 0.717) is 5.57 Å². The number of carbonyl (C=O) groups is 3. The van der Waals surface area contributed by atoms with Gasteiger partial charge in [-0.25, -0.2) is 14.5 Å². The minimum absolute atomic E-state index is 0.160. The van der Waals surface area contributed by atoms with Crippen molar-refractivity contribution in [1.29, 1.82) is 0 Å². The zero-order valence-electron chi connectivity index (χ0n) is 12.6. The maximum atomic E-state index is 12.1. The highest BCUT2D eigenvalue weighted by Gasteiger charge is 2.45. The SMILES string of the molecule is C/C=C1\C[C@@H](C(=O)OCC)N(C(=O)OC(C)(C)C)C1=O. The zero-order chi connectivity index (χ0) is 15.5. The molecule has 0 N–H and O–H groups in total. The number of hydrogen-bond acceptors (Lipinski definition) is 5. The van der Waals surface area contributed by atoms with Crippen molar-refractivity contribution >= 4 is 18.0 Å². The lowest BCUT2D eigenvalue weighted by atomic mass is 10.1. The molecule has 112 valence electrons. The first-order chi connectivity index (χ1) is 9.21. The Bertz CT molecular complexity index is 447. The summed E-state index contributed by atoms with van der Waals surface area (Å²) in [4.78, 5) is 37.0. The molecule has 0 aliphatic carbocycles. The monoisotopic (exact) mass is 283 g/mol. The molecule has 1 aliphatic heterocycles. The van der Waals surface area contributed by atoms with E-state index in [0.717, 1.165) is 4.90 Å². The summed E-state index contributed by atoms with van der Waals surface area (Å²) in [6.07, 6.45) is 0.934. The second-order valence-corrected chi connectivity index (χ2v) is 5.44. The average molecular weight is 283 g/mol. The van der Waals surface area contributed by atoms with Gasteiger partial charge >= 0.3 is 12.1 Å². The molecule has 0 saturated carbocycles. The number of rotatable bonds is 2. The van der Waals surface area contributed by atoms with Crippen LogP contribution >= 0.6 is 0 Å². The smallest absolute Gasteiger partial charge is 0.418 e. The van der Waals surface area contributed by atoms with E-state index in [4.69, 9.17) is 9.47 Å². The van der Waals surface area contributed by atoms with Crippen LogP contribution in [0.25, 0.3) is 0 Å². The summed E-state index contributed by atoms with van der Waals surface area (Å²) >= 11 is 0. The second kappa shape index (κ2) is 6.07. The van der Waals surface area contributed by atoms with Gasteiger partial charge in [0.2, 0.25) is 0 Å². The molecule has 1 fully saturated rings. The molecule has 2 amide bonds. The fraction of sp³-hybridized carbons (Fsp3) is 0.643. The number of likely N-dealkylation sites (tertiary alicyclic amines) is 1. The van der Waals surface area contributed by atoms with Crippen LogP contribution < -0.4 is 0 Å². The van der Waals surface area contributed by atoms with Crippen LogP contribution in [0.3, 0.4) is 0 Å². The van der Waals surface area contributed by atoms with Crippen molar-refractivity contribution in [2.45, 2.75) is 52.7 Å². The van der Waals surface area contributed by atoms with Crippen LogP contribution in [-0.2, 0) is 19.1 Å². The Morgan fingerprint density at radius 3 is 2.45 bits per heavy atom. The molecule has 1 saturated heterocycles. The second-order valence-electron chi connectivity index (χ2n) is 5.44. The standard InChI is InChI=1S/C14H21NO5/c1-6-9-8-10(12(17)19-7-2)15(11(9)16)13(18)20-14(3,4)5/h6,10H,7-8H2,1-5H3/b9-6+/t10-/m0/s1. The van der Waals surface area contributed by atoms with E-state index in [1.807, 2.05) is 0 Å². The van der Waals surface area contributed by atoms with E-state index in [1.165, 1.54) is 0 Å². The fourth-order valence-corrected chi connectivity index (χ4v) is 1.87. The van der Waals surface area contributed by atoms with Crippen LogP contribution in [0.15, 0.2) is 11.6 Å². The quantitative estimate of drug-likeness (QED) is 0.572. The molecule has 1 atom stereocenters. The molecule has 20 heavy (non-hydrogen) atoms. The van der Waals surface area contributed by atoms with Gasteiger partial charge in [0, 0.05) is 12.0 Å². The van der Waals surface area contributed by atoms with Gasteiger partial charge in [-0.15, -0.1) is 0 Å². The zero-order valence-corrected chi connectivity index (χ0v) is 12.6. The highest BCUT2D eigenvalue weighted by Crippen LogP contribution is 2.27. The van der Waals surface area contributed by atoms with E-state index in [9.17, 15) is 14.4 Å². The molecule has 1 heterocycles. The number of amides is 2. The van der Waals surface area contributed by atoms with Crippen molar-refractivity contribution in [2.75, 3.05) is 6.61 Å². The van der Waals surface area contributed by atoms with Crippen LogP contribution in [0.4, 0.5) is 4.79 Å². The molecule has 0 aromatic carbocycles. The predicted molar refractivity (Wildman–Crippen MR) is 71.9 cm³/mol.